The van der Waals surface area contributed by atoms with Crippen molar-refractivity contribution in [2.75, 3.05) is 13.2 Å². The normalized spacial score (nSPS) is 12.7. The molecule has 71 heavy (non-hydrogen) atoms. The van der Waals surface area contributed by atoms with E-state index < -0.39 is 6.10 Å². The van der Waals surface area contributed by atoms with E-state index in [2.05, 4.69) is 106 Å². The first-order valence-electron chi connectivity index (χ1n) is 30.1. The Bertz CT molecular complexity index is 1370. The van der Waals surface area contributed by atoms with Crippen molar-refractivity contribution in [1.82, 2.24) is 0 Å². The zero-order valence-electron chi connectivity index (χ0n) is 46.7. The maximum Gasteiger partial charge on any atom is 0.306 e. The van der Waals surface area contributed by atoms with E-state index in [1.807, 2.05) is 0 Å². The van der Waals surface area contributed by atoms with Crippen LogP contribution in [-0.2, 0) is 28.6 Å². The average Bonchev–Trinajstić information content (AvgIpc) is 3.37. The van der Waals surface area contributed by atoms with Crippen molar-refractivity contribution < 1.29 is 28.6 Å². The second kappa shape index (κ2) is 59.2. The fraction of sp³-hybridized carbons (Fsp3) is 0.738. The van der Waals surface area contributed by atoms with Crippen LogP contribution in [0.25, 0.3) is 0 Å². The molecular formula is C65H112O6. The molecule has 0 amide bonds. The summed E-state index contributed by atoms with van der Waals surface area (Å²) in [6, 6.07) is 0. The van der Waals surface area contributed by atoms with Gasteiger partial charge in [0.05, 0.1) is 0 Å². The lowest BCUT2D eigenvalue weighted by atomic mass is 10.0. The SMILES string of the molecule is CC/C=C\C/C=C\C/C=C\C/C=C\CCCCCCCCCCCCCCC(=O)OCC(COC(=O)CCCCC/C=C\C/C=C\C/C=C\CC)OC(=O)CCCCCCCCCCCCCCCCC. The Kier molecular flexibility index (Phi) is 56.3. The van der Waals surface area contributed by atoms with Gasteiger partial charge >= 0.3 is 17.9 Å². The van der Waals surface area contributed by atoms with E-state index in [9.17, 15) is 14.4 Å². The molecule has 0 aliphatic heterocycles. The molecule has 0 saturated heterocycles. The first kappa shape index (κ1) is 67.6. The van der Waals surface area contributed by atoms with Crippen LogP contribution in [0.1, 0.15) is 290 Å². The number of carbonyl (C=O) groups excluding carboxylic acids is 3. The van der Waals surface area contributed by atoms with Gasteiger partial charge in [0.1, 0.15) is 13.2 Å². The van der Waals surface area contributed by atoms with Crippen molar-refractivity contribution in [2.45, 2.75) is 297 Å². The molecule has 0 heterocycles. The number of rotatable bonds is 54. The van der Waals surface area contributed by atoms with Crippen LogP contribution in [0.5, 0.6) is 0 Å². The fourth-order valence-corrected chi connectivity index (χ4v) is 8.45. The Labute approximate surface area is 439 Å². The minimum atomic E-state index is -0.787. The summed E-state index contributed by atoms with van der Waals surface area (Å²) in [5, 5.41) is 0. The Balaban J connectivity index is 4.29. The molecule has 0 aromatic carbocycles. The summed E-state index contributed by atoms with van der Waals surface area (Å²) in [4.78, 5) is 38.2. The quantitative estimate of drug-likeness (QED) is 0.0261. The van der Waals surface area contributed by atoms with Gasteiger partial charge in [-0.15, -0.1) is 0 Å². The minimum Gasteiger partial charge on any atom is -0.462 e. The van der Waals surface area contributed by atoms with E-state index in [0.717, 1.165) is 109 Å². The molecular weight excluding hydrogens is 877 g/mol. The van der Waals surface area contributed by atoms with Gasteiger partial charge in [0, 0.05) is 19.3 Å². The van der Waals surface area contributed by atoms with E-state index in [-0.39, 0.29) is 31.1 Å². The molecule has 6 nitrogen and oxygen atoms in total. The van der Waals surface area contributed by atoms with E-state index in [1.54, 1.807) is 0 Å². The van der Waals surface area contributed by atoms with Crippen LogP contribution in [0.2, 0.25) is 0 Å². The van der Waals surface area contributed by atoms with Crippen LogP contribution in [-0.4, -0.2) is 37.2 Å². The maximum absolute atomic E-state index is 12.9. The number of hydrogen-bond acceptors (Lipinski definition) is 6. The van der Waals surface area contributed by atoms with E-state index in [1.165, 1.54) is 141 Å². The lowest BCUT2D eigenvalue weighted by Crippen LogP contribution is -2.30. The van der Waals surface area contributed by atoms with Crippen LogP contribution in [0.3, 0.4) is 0 Å². The Morgan fingerprint density at radius 3 is 0.873 bits per heavy atom. The van der Waals surface area contributed by atoms with Gasteiger partial charge in [-0.3, -0.25) is 14.4 Å². The molecule has 0 spiro atoms. The average molecular weight is 990 g/mol. The van der Waals surface area contributed by atoms with Crippen molar-refractivity contribution >= 4 is 17.9 Å². The summed E-state index contributed by atoms with van der Waals surface area (Å²) < 4.78 is 16.9. The lowest BCUT2D eigenvalue weighted by Gasteiger charge is -2.18. The molecule has 0 saturated carbocycles. The van der Waals surface area contributed by atoms with Gasteiger partial charge in [-0.1, -0.05) is 266 Å². The molecule has 0 aromatic rings. The molecule has 1 atom stereocenters. The molecule has 408 valence electrons. The van der Waals surface area contributed by atoms with Gasteiger partial charge in [0.15, 0.2) is 6.10 Å². The highest BCUT2D eigenvalue weighted by molar-refractivity contribution is 5.71. The second-order valence-electron chi connectivity index (χ2n) is 19.9. The number of allylic oxidation sites excluding steroid dienone is 14. The third kappa shape index (κ3) is 57.4. The number of hydrogen-bond donors (Lipinski definition) is 0. The molecule has 0 N–H and O–H groups in total. The fourth-order valence-electron chi connectivity index (χ4n) is 8.45. The summed E-state index contributed by atoms with van der Waals surface area (Å²) >= 11 is 0. The smallest absolute Gasteiger partial charge is 0.306 e. The lowest BCUT2D eigenvalue weighted by molar-refractivity contribution is -0.167. The largest absolute Gasteiger partial charge is 0.462 e. The number of carbonyl (C=O) groups is 3. The van der Waals surface area contributed by atoms with Crippen molar-refractivity contribution in [1.29, 1.82) is 0 Å². The van der Waals surface area contributed by atoms with Crippen LogP contribution in [0.15, 0.2) is 85.1 Å². The van der Waals surface area contributed by atoms with E-state index in [0.29, 0.717) is 19.3 Å². The predicted octanol–water partition coefficient (Wildman–Crippen LogP) is 20.3. The first-order valence-corrected chi connectivity index (χ1v) is 30.1. The second-order valence-corrected chi connectivity index (χ2v) is 19.9. The zero-order valence-corrected chi connectivity index (χ0v) is 46.7. The molecule has 1 unspecified atom stereocenters. The molecule has 0 aromatic heterocycles. The molecule has 0 aliphatic rings. The third-order valence-corrected chi connectivity index (χ3v) is 12.9. The highest BCUT2D eigenvalue weighted by atomic mass is 16.6. The first-order chi connectivity index (χ1) is 35.0. The predicted molar refractivity (Wildman–Crippen MR) is 307 cm³/mol. The van der Waals surface area contributed by atoms with Crippen LogP contribution >= 0.6 is 0 Å². The Morgan fingerprint density at radius 1 is 0.296 bits per heavy atom. The molecule has 6 heteroatoms. The number of ether oxygens (including phenoxy) is 3. The summed E-state index contributed by atoms with van der Waals surface area (Å²) in [6.45, 7) is 6.41. The monoisotopic (exact) mass is 989 g/mol. The van der Waals surface area contributed by atoms with Gasteiger partial charge < -0.3 is 14.2 Å². The standard InChI is InChI=1S/C65H112O6/c1-4-7-10-13-16-19-22-25-27-28-29-30-31-32-33-34-35-36-38-40-43-46-49-52-55-58-64(67)70-61-62(60-69-63(66)57-54-51-48-45-42-39-24-21-18-15-12-9-6-3)71-65(68)59-56-53-50-47-44-41-37-26-23-20-17-14-11-8-5-2/h7,9-10,12,16,18-19,21,25,27,29-30,39,42,62H,4-6,8,11,13-15,17,20,22-24,26,28,31-38,40-41,43-61H2,1-3H3/b10-7-,12-9-,19-16-,21-18-,27-25-,30-29-,42-39-. The van der Waals surface area contributed by atoms with Gasteiger partial charge in [0.25, 0.3) is 0 Å². The molecule has 0 radical (unpaired) electrons. The molecule has 0 rings (SSSR count). The van der Waals surface area contributed by atoms with Crippen molar-refractivity contribution in [3.63, 3.8) is 0 Å². The van der Waals surface area contributed by atoms with Gasteiger partial charge in [-0.2, -0.15) is 0 Å². The summed E-state index contributed by atoms with van der Waals surface area (Å²) in [5.41, 5.74) is 0. The molecule has 0 fully saturated rings. The highest BCUT2D eigenvalue weighted by Crippen LogP contribution is 2.16. The minimum absolute atomic E-state index is 0.0844. The molecule has 0 aliphatic carbocycles. The number of esters is 3. The summed E-state index contributed by atoms with van der Waals surface area (Å²) in [6.07, 6.45) is 77.3. The highest BCUT2D eigenvalue weighted by Gasteiger charge is 2.19. The maximum atomic E-state index is 12.9. The van der Waals surface area contributed by atoms with Crippen molar-refractivity contribution in [2.24, 2.45) is 0 Å². The molecule has 0 bridgehead atoms. The number of unbranched alkanes of at least 4 members (excludes halogenated alkanes) is 29. The zero-order chi connectivity index (χ0) is 51.4. The Hall–Kier alpha value is -3.41. The van der Waals surface area contributed by atoms with Crippen molar-refractivity contribution in [3.8, 4) is 0 Å². The van der Waals surface area contributed by atoms with Crippen LogP contribution < -0.4 is 0 Å². The third-order valence-electron chi connectivity index (χ3n) is 12.9. The van der Waals surface area contributed by atoms with Crippen molar-refractivity contribution in [3.05, 3.63) is 85.1 Å². The van der Waals surface area contributed by atoms with E-state index >= 15 is 0 Å². The summed E-state index contributed by atoms with van der Waals surface area (Å²) in [7, 11) is 0. The van der Waals surface area contributed by atoms with Crippen LogP contribution in [0, 0.1) is 0 Å². The van der Waals surface area contributed by atoms with Gasteiger partial charge in [-0.05, 0) is 89.9 Å². The van der Waals surface area contributed by atoms with E-state index in [4.69, 9.17) is 14.2 Å². The van der Waals surface area contributed by atoms with Crippen LogP contribution in [0.4, 0.5) is 0 Å². The topological polar surface area (TPSA) is 78.9 Å². The van der Waals surface area contributed by atoms with Gasteiger partial charge in [-0.25, -0.2) is 0 Å². The Morgan fingerprint density at radius 2 is 0.549 bits per heavy atom. The summed E-state index contributed by atoms with van der Waals surface area (Å²) in [5.74, 6) is -0.906. The van der Waals surface area contributed by atoms with Gasteiger partial charge in [0.2, 0.25) is 0 Å².